The van der Waals surface area contributed by atoms with Gasteiger partial charge in [-0.1, -0.05) is 6.07 Å². The number of methoxy groups -OCH3 is 1. The molecule has 3 nitrogen and oxygen atoms in total. The summed E-state index contributed by atoms with van der Waals surface area (Å²) in [6, 6.07) is 4.29. The molecule has 1 aromatic carbocycles. The van der Waals surface area contributed by atoms with Crippen molar-refractivity contribution in [3.8, 4) is 0 Å². The van der Waals surface area contributed by atoms with Gasteiger partial charge in [-0.15, -0.1) is 0 Å². The van der Waals surface area contributed by atoms with Gasteiger partial charge in [0.05, 0.1) is 11.6 Å². The van der Waals surface area contributed by atoms with Crippen molar-refractivity contribution in [1.29, 1.82) is 0 Å². The van der Waals surface area contributed by atoms with Crippen molar-refractivity contribution in [2.75, 3.05) is 7.11 Å². The molecule has 0 amide bonds. The Labute approximate surface area is 95.0 Å². The van der Waals surface area contributed by atoms with Crippen molar-refractivity contribution >= 4 is 21.9 Å². The Hall–Kier alpha value is -0.940. The summed E-state index contributed by atoms with van der Waals surface area (Å²) in [5.41, 5.74) is 0.654. The minimum Gasteiger partial charge on any atom is -0.467 e. The highest BCUT2D eigenvalue weighted by atomic mass is 79.9. The average Bonchev–Trinajstić information content (AvgIpc) is 2.22. The average molecular weight is 277 g/mol. The summed E-state index contributed by atoms with van der Waals surface area (Å²) in [6.07, 6.45) is -1.11. The van der Waals surface area contributed by atoms with Crippen molar-refractivity contribution in [2.45, 2.75) is 12.5 Å². The molecule has 5 heteroatoms. The van der Waals surface area contributed by atoms with Crippen LogP contribution in [0.4, 0.5) is 4.39 Å². The summed E-state index contributed by atoms with van der Waals surface area (Å²) in [5.74, 6) is -1.08. The van der Waals surface area contributed by atoms with Gasteiger partial charge in [-0.3, -0.25) is 0 Å². The first-order chi connectivity index (χ1) is 7.04. The number of hydrogen-bond acceptors (Lipinski definition) is 3. The molecule has 0 radical (unpaired) electrons. The van der Waals surface area contributed by atoms with E-state index in [1.165, 1.54) is 25.3 Å². The van der Waals surface area contributed by atoms with Crippen molar-refractivity contribution < 1.29 is 19.0 Å². The quantitative estimate of drug-likeness (QED) is 0.855. The highest BCUT2D eigenvalue weighted by Gasteiger charge is 2.16. The lowest BCUT2D eigenvalue weighted by Crippen LogP contribution is -2.24. The zero-order valence-electron chi connectivity index (χ0n) is 8.04. The minimum absolute atomic E-state index is 0.103. The van der Waals surface area contributed by atoms with E-state index in [0.29, 0.717) is 10.0 Å². The number of rotatable bonds is 3. The molecule has 0 aliphatic rings. The fourth-order valence-electron chi connectivity index (χ4n) is 1.11. The molecule has 1 atom stereocenters. The van der Waals surface area contributed by atoms with Gasteiger partial charge in [0.15, 0.2) is 6.10 Å². The third-order valence-corrected chi connectivity index (χ3v) is 2.49. The van der Waals surface area contributed by atoms with Gasteiger partial charge in [0.25, 0.3) is 0 Å². The second-order valence-corrected chi connectivity index (χ2v) is 3.85. The summed E-state index contributed by atoms with van der Waals surface area (Å²) < 4.78 is 17.5. The predicted octanol–water partition coefficient (Wildman–Crippen LogP) is 1.66. The topological polar surface area (TPSA) is 46.5 Å². The second-order valence-electron chi connectivity index (χ2n) is 2.99. The molecular weight excluding hydrogens is 267 g/mol. The lowest BCUT2D eigenvalue weighted by atomic mass is 10.1. The van der Waals surface area contributed by atoms with Crippen LogP contribution in [-0.2, 0) is 16.0 Å². The Kier molecular flexibility index (Phi) is 4.23. The van der Waals surface area contributed by atoms with Gasteiger partial charge in [-0.2, -0.15) is 0 Å². The lowest BCUT2D eigenvalue weighted by molar-refractivity contribution is -0.150. The van der Waals surface area contributed by atoms with Gasteiger partial charge >= 0.3 is 5.97 Å². The number of hydrogen-bond donors (Lipinski definition) is 1. The molecule has 0 aromatic heterocycles. The van der Waals surface area contributed by atoms with E-state index in [2.05, 4.69) is 20.7 Å². The first-order valence-corrected chi connectivity index (χ1v) is 5.03. The third-order valence-electron chi connectivity index (χ3n) is 1.89. The molecule has 0 bridgehead atoms. The molecule has 15 heavy (non-hydrogen) atoms. The van der Waals surface area contributed by atoms with Crippen LogP contribution in [0.1, 0.15) is 5.56 Å². The van der Waals surface area contributed by atoms with Crippen LogP contribution < -0.4 is 0 Å². The van der Waals surface area contributed by atoms with Crippen molar-refractivity contribution in [3.63, 3.8) is 0 Å². The standard InChI is InChI=1S/C10H10BrFO3/c1-15-10(14)9(13)5-6-2-3-8(12)7(11)4-6/h2-4,9,13H,5H2,1H3. The Morgan fingerprint density at radius 1 is 1.67 bits per heavy atom. The molecule has 0 aliphatic heterocycles. The summed E-state index contributed by atoms with van der Waals surface area (Å²) in [4.78, 5) is 10.9. The van der Waals surface area contributed by atoms with E-state index in [4.69, 9.17) is 0 Å². The molecular formula is C10H10BrFO3. The molecule has 0 saturated carbocycles. The first-order valence-electron chi connectivity index (χ1n) is 4.24. The van der Waals surface area contributed by atoms with Crippen molar-refractivity contribution in [2.24, 2.45) is 0 Å². The highest BCUT2D eigenvalue weighted by Crippen LogP contribution is 2.17. The number of carbonyl (C=O) groups excluding carboxylic acids is 1. The fourth-order valence-corrected chi connectivity index (χ4v) is 1.54. The van der Waals surface area contributed by atoms with Crippen LogP contribution >= 0.6 is 15.9 Å². The smallest absolute Gasteiger partial charge is 0.335 e. The van der Waals surface area contributed by atoms with E-state index >= 15 is 0 Å². The first kappa shape index (κ1) is 12.1. The Bertz CT molecular complexity index is 368. The highest BCUT2D eigenvalue weighted by molar-refractivity contribution is 9.10. The van der Waals surface area contributed by atoms with E-state index in [1.807, 2.05) is 0 Å². The maximum Gasteiger partial charge on any atom is 0.335 e. The Morgan fingerprint density at radius 2 is 2.33 bits per heavy atom. The molecule has 1 aromatic rings. The molecule has 1 N–H and O–H groups in total. The van der Waals surface area contributed by atoms with Crippen LogP contribution in [0.25, 0.3) is 0 Å². The van der Waals surface area contributed by atoms with Crippen LogP contribution in [0.5, 0.6) is 0 Å². The van der Waals surface area contributed by atoms with E-state index in [-0.39, 0.29) is 12.2 Å². The number of ether oxygens (including phenoxy) is 1. The normalized spacial score (nSPS) is 12.3. The zero-order chi connectivity index (χ0) is 11.4. The van der Waals surface area contributed by atoms with E-state index in [1.54, 1.807) is 0 Å². The van der Waals surface area contributed by atoms with Gasteiger partial charge < -0.3 is 9.84 Å². The number of benzene rings is 1. The van der Waals surface area contributed by atoms with Crippen LogP contribution in [0.15, 0.2) is 22.7 Å². The molecule has 0 saturated heterocycles. The van der Waals surface area contributed by atoms with E-state index in [0.717, 1.165) is 0 Å². The summed E-state index contributed by atoms with van der Waals surface area (Å²) in [7, 11) is 1.20. The second kappa shape index (κ2) is 5.23. The molecule has 0 heterocycles. The van der Waals surface area contributed by atoms with Crippen LogP contribution in [0.3, 0.4) is 0 Å². The number of aliphatic hydroxyl groups is 1. The molecule has 1 unspecified atom stereocenters. The van der Waals surface area contributed by atoms with Gasteiger partial charge in [-0.05, 0) is 33.6 Å². The van der Waals surface area contributed by atoms with Gasteiger partial charge in [0.2, 0.25) is 0 Å². The molecule has 1 rings (SSSR count). The Morgan fingerprint density at radius 3 is 2.87 bits per heavy atom. The largest absolute Gasteiger partial charge is 0.467 e. The van der Waals surface area contributed by atoms with Crippen LogP contribution in [-0.4, -0.2) is 24.3 Å². The maximum absolute atomic E-state index is 12.9. The molecule has 0 fully saturated rings. The molecule has 0 spiro atoms. The third kappa shape index (κ3) is 3.28. The summed E-state index contributed by atoms with van der Waals surface area (Å²) >= 11 is 3.02. The number of carbonyl (C=O) groups is 1. The van der Waals surface area contributed by atoms with E-state index in [9.17, 15) is 14.3 Å². The van der Waals surface area contributed by atoms with Crippen LogP contribution in [0, 0.1) is 5.82 Å². The van der Waals surface area contributed by atoms with Gasteiger partial charge in [0, 0.05) is 6.42 Å². The predicted molar refractivity (Wildman–Crippen MR) is 55.8 cm³/mol. The monoisotopic (exact) mass is 276 g/mol. The molecule has 82 valence electrons. The number of esters is 1. The summed E-state index contributed by atoms with van der Waals surface area (Å²) in [5, 5.41) is 9.35. The van der Waals surface area contributed by atoms with Crippen molar-refractivity contribution in [1.82, 2.24) is 0 Å². The fraction of sp³-hybridized carbons (Fsp3) is 0.300. The Balaban J connectivity index is 2.73. The SMILES string of the molecule is COC(=O)C(O)Cc1ccc(F)c(Br)c1. The number of aliphatic hydroxyl groups excluding tert-OH is 1. The maximum atomic E-state index is 12.9. The van der Waals surface area contributed by atoms with Crippen molar-refractivity contribution in [3.05, 3.63) is 34.1 Å². The number of halogens is 2. The van der Waals surface area contributed by atoms with Crippen LogP contribution in [0.2, 0.25) is 0 Å². The minimum atomic E-state index is -1.22. The van der Waals surface area contributed by atoms with Gasteiger partial charge in [0.1, 0.15) is 5.82 Å². The molecule has 0 aliphatic carbocycles. The lowest BCUT2D eigenvalue weighted by Gasteiger charge is -2.08. The van der Waals surface area contributed by atoms with E-state index < -0.39 is 12.1 Å². The van der Waals surface area contributed by atoms with Gasteiger partial charge in [-0.25, -0.2) is 9.18 Å². The zero-order valence-corrected chi connectivity index (χ0v) is 9.62. The summed E-state index contributed by atoms with van der Waals surface area (Å²) in [6.45, 7) is 0.